The molecule has 8 heteroatoms. The van der Waals surface area contributed by atoms with Crippen LogP contribution in [0.2, 0.25) is 0 Å². The van der Waals surface area contributed by atoms with E-state index in [1.54, 1.807) is 50.4 Å². The third-order valence-electron chi connectivity index (χ3n) is 3.41. The van der Waals surface area contributed by atoms with Gasteiger partial charge in [0.05, 0.1) is 12.0 Å². The molecule has 2 aromatic heterocycles. The number of aromatic nitrogens is 3. The van der Waals surface area contributed by atoms with Gasteiger partial charge in [-0.25, -0.2) is 13.4 Å². The Hall–Kier alpha value is -2.61. The molecule has 1 aromatic carbocycles. The standard InChI is InChI=1S/C15H16N4O3S/c1-10-9-12(22-3)19-15(17-10)13(14(16-2)18-19)23(20,21)11-7-5-4-6-8-11/h4-9H,1-3H3,(H,16,18). The van der Waals surface area contributed by atoms with Gasteiger partial charge in [0.15, 0.2) is 16.4 Å². The van der Waals surface area contributed by atoms with Gasteiger partial charge in [0, 0.05) is 18.8 Å². The van der Waals surface area contributed by atoms with E-state index in [0.717, 1.165) is 0 Å². The van der Waals surface area contributed by atoms with Gasteiger partial charge in [0.1, 0.15) is 0 Å². The summed E-state index contributed by atoms with van der Waals surface area (Å²) in [5.41, 5.74) is 0.872. The van der Waals surface area contributed by atoms with Crippen LogP contribution in [0.15, 0.2) is 46.2 Å². The van der Waals surface area contributed by atoms with Crippen molar-refractivity contribution in [1.82, 2.24) is 14.6 Å². The maximum atomic E-state index is 13.0. The largest absolute Gasteiger partial charge is 0.481 e. The monoisotopic (exact) mass is 332 g/mol. The average molecular weight is 332 g/mol. The molecular formula is C15H16N4O3S. The number of ether oxygens (including phenoxy) is 1. The lowest BCUT2D eigenvalue weighted by atomic mass is 10.4. The minimum Gasteiger partial charge on any atom is -0.481 e. The van der Waals surface area contributed by atoms with E-state index in [9.17, 15) is 8.42 Å². The van der Waals surface area contributed by atoms with Crippen molar-refractivity contribution < 1.29 is 13.2 Å². The molecule has 0 aliphatic carbocycles. The number of anilines is 1. The lowest BCUT2D eigenvalue weighted by Gasteiger charge is -2.06. The SMILES string of the molecule is CNc1nn2c(OC)cc(C)nc2c1S(=O)(=O)c1ccccc1. The van der Waals surface area contributed by atoms with Crippen LogP contribution < -0.4 is 10.1 Å². The molecule has 3 aromatic rings. The van der Waals surface area contributed by atoms with E-state index in [4.69, 9.17) is 4.74 Å². The molecule has 0 unspecified atom stereocenters. The van der Waals surface area contributed by atoms with Crippen LogP contribution in [0.4, 0.5) is 5.82 Å². The first-order valence-electron chi connectivity index (χ1n) is 6.91. The Balaban J connectivity index is 2.39. The molecule has 7 nitrogen and oxygen atoms in total. The van der Waals surface area contributed by atoms with Crippen LogP contribution in [0.1, 0.15) is 5.69 Å². The van der Waals surface area contributed by atoms with Gasteiger partial charge in [0.2, 0.25) is 15.7 Å². The zero-order valence-electron chi connectivity index (χ0n) is 12.9. The van der Waals surface area contributed by atoms with Gasteiger partial charge in [-0.15, -0.1) is 5.10 Å². The minimum absolute atomic E-state index is 0.0354. The Morgan fingerprint density at radius 1 is 1.22 bits per heavy atom. The van der Waals surface area contributed by atoms with Crippen molar-refractivity contribution in [2.45, 2.75) is 16.7 Å². The van der Waals surface area contributed by atoms with Crippen molar-refractivity contribution in [3.8, 4) is 5.88 Å². The highest BCUT2D eigenvalue weighted by Crippen LogP contribution is 2.32. The molecule has 2 heterocycles. The lowest BCUT2D eigenvalue weighted by Crippen LogP contribution is -2.05. The van der Waals surface area contributed by atoms with Crippen LogP contribution in [0, 0.1) is 6.92 Å². The molecular weight excluding hydrogens is 316 g/mol. The summed E-state index contributed by atoms with van der Waals surface area (Å²) in [5, 5.41) is 7.10. The van der Waals surface area contributed by atoms with E-state index in [1.165, 1.54) is 11.6 Å². The normalized spacial score (nSPS) is 11.6. The molecule has 0 fully saturated rings. The molecule has 0 spiro atoms. The van der Waals surface area contributed by atoms with Gasteiger partial charge >= 0.3 is 0 Å². The topological polar surface area (TPSA) is 85.6 Å². The van der Waals surface area contributed by atoms with Crippen molar-refractivity contribution in [3.63, 3.8) is 0 Å². The predicted molar refractivity (Wildman–Crippen MR) is 85.7 cm³/mol. The van der Waals surface area contributed by atoms with Gasteiger partial charge in [0.25, 0.3) is 0 Å². The molecule has 120 valence electrons. The first-order valence-corrected chi connectivity index (χ1v) is 8.39. The van der Waals surface area contributed by atoms with E-state index >= 15 is 0 Å². The van der Waals surface area contributed by atoms with Crippen LogP contribution >= 0.6 is 0 Å². The van der Waals surface area contributed by atoms with E-state index < -0.39 is 9.84 Å². The number of nitrogens with zero attached hydrogens (tertiary/aromatic N) is 3. The maximum absolute atomic E-state index is 13.0. The summed E-state index contributed by atoms with van der Waals surface area (Å²) in [5.74, 6) is 0.642. The number of hydrogen-bond acceptors (Lipinski definition) is 6. The highest BCUT2D eigenvalue weighted by Gasteiger charge is 2.29. The highest BCUT2D eigenvalue weighted by molar-refractivity contribution is 7.91. The van der Waals surface area contributed by atoms with Crippen LogP contribution in [0.25, 0.3) is 5.65 Å². The summed E-state index contributed by atoms with van der Waals surface area (Å²) in [6, 6.07) is 9.91. The number of sulfone groups is 1. The van der Waals surface area contributed by atoms with Gasteiger partial charge in [-0.3, -0.25) is 0 Å². The fourth-order valence-corrected chi connectivity index (χ4v) is 3.88. The maximum Gasteiger partial charge on any atom is 0.218 e. The number of hydrogen-bond donors (Lipinski definition) is 1. The molecule has 3 rings (SSSR count). The molecule has 0 aliphatic heterocycles. The number of benzene rings is 1. The number of methoxy groups -OCH3 is 1. The number of rotatable bonds is 4. The average Bonchev–Trinajstić information content (AvgIpc) is 2.93. The molecule has 0 aliphatic rings. The molecule has 0 radical (unpaired) electrons. The summed E-state index contributed by atoms with van der Waals surface area (Å²) >= 11 is 0. The van der Waals surface area contributed by atoms with Crippen LogP contribution in [-0.2, 0) is 9.84 Å². The van der Waals surface area contributed by atoms with Gasteiger partial charge in [-0.1, -0.05) is 18.2 Å². The fraction of sp³-hybridized carbons (Fsp3) is 0.200. The molecule has 0 bridgehead atoms. The van der Waals surface area contributed by atoms with Gasteiger partial charge < -0.3 is 10.1 Å². The van der Waals surface area contributed by atoms with Gasteiger partial charge in [-0.05, 0) is 19.1 Å². The first kappa shape index (κ1) is 15.3. The second-order valence-electron chi connectivity index (χ2n) is 4.92. The van der Waals surface area contributed by atoms with Crippen LogP contribution in [-0.4, -0.2) is 37.2 Å². The summed E-state index contributed by atoms with van der Waals surface area (Å²) in [6.07, 6.45) is 0. The minimum atomic E-state index is -3.77. The highest BCUT2D eigenvalue weighted by atomic mass is 32.2. The molecule has 0 amide bonds. The fourth-order valence-electron chi connectivity index (χ4n) is 2.36. The Morgan fingerprint density at radius 3 is 2.52 bits per heavy atom. The second-order valence-corrected chi connectivity index (χ2v) is 6.81. The molecule has 23 heavy (non-hydrogen) atoms. The van der Waals surface area contributed by atoms with Crippen molar-refractivity contribution in [1.29, 1.82) is 0 Å². The molecule has 0 saturated heterocycles. The van der Waals surface area contributed by atoms with Crippen molar-refractivity contribution in [2.75, 3.05) is 19.5 Å². The van der Waals surface area contributed by atoms with Crippen LogP contribution in [0.3, 0.4) is 0 Å². The van der Waals surface area contributed by atoms with E-state index in [1.807, 2.05) is 0 Å². The van der Waals surface area contributed by atoms with Crippen molar-refractivity contribution in [2.24, 2.45) is 0 Å². The van der Waals surface area contributed by atoms with E-state index in [2.05, 4.69) is 15.4 Å². The third-order valence-corrected chi connectivity index (χ3v) is 5.22. The smallest absolute Gasteiger partial charge is 0.218 e. The quantitative estimate of drug-likeness (QED) is 0.785. The van der Waals surface area contributed by atoms with Crippen LogP contribution in [0.5, 0.6) is 5.88 Å². The summed E-state index contributed by atoms with van der Waals surface area (Å²) in [6.45, 7) is 1.77. The molecule has 0 atom stereocenters. The van der Waals surface area contributed by atoms with E-state index in [0.29, 0.717) is 11.6 Å². The van der Waals surface area contributed by atoms with Crippen molar-refractivity contribution >= 4 is 21.3 Å². The first-order chi connectivity index (χ1) is 11.0. The lowest BCUT2D eigenvalue weighted by molar-refractivity contribution is 0.384. The van der Waals surface area contributed by atoms with E-state index in [-0.39, 0.29) is 21.3 Å². The second kappa shape index (κ2) is 5.54. The zero-order valence-corrected chi connectivity index (χ0v) is 13.8. The Bertz CT molecular complexity index is 965. The Morgan fingerprint density at radius 2 is 1.91 bits per heavy atom. The van der Waals surface area contributed by atoms with Crippen molar-refractivity contribution in [3.05, 3.63) is 42.1 Å². The van der Waals surface area contributed by atoms with Gasteiger partial charge in [-0.2, -0.15) is 4.52 Å². The summed E-state index contributed by atoms with van der Waals surface area (Å²) < 4.78 is 32.7. The summed E-state index contributed by atoms with van der Waals surface area (Å²) in [7, 11) is -0.654. The Kier molecular flexibility index (Phi) is 3.69. The number of aryl methyl sites for hydroxylation is 1. The third kappa shape index (κ3) is 2.40. The molecule has 1 N–H and O–H groups in total. The zero-order chi connectivity index (χ0) is 16.6. The summed E-state index contributed by atoms with van der Waals surface area (Å²) in [4.78, 5) is 4.57. The molecule has 0 saturated carbocycles. The number of nitrogens with one attached hydrogen (secondary N) is 1. The Labute approximate surface area is 133 Å². The number of fused-ring (bicyclic) bond motifs is 1. The predicted octanol–water partition coefficient (Wildman–Crippen LogP) is 1.92.